The normalized spacial score (nSPS) is 12.5. The zero-order valence-electron chi connectivity index (χ0n) is 16.6. The molecule has 1 aliphatic rings. The van der Waals surface area contributed by atoms with Crippen LogP contribution >= 0.6 is 11.8 Å². The molecule has 2 aromatic carbocycles. The molecule has 1 aromatic heterocycles. The minimum Gasteiger partial charge on any atom is -0.493 e. The first-order valence-electron chi connectivity index (χ1n) is 9.10. The number of fused-ring (bicyclic) bond motifs is 2. The fourth-order valence-electron chi connectivity index (χ4n) is 3.16. The Hall–Kier alpha value is -3.52. The summed E-state index contributed by atoms with van der Waals surface area (Å²) in [6, 6.07) is 13.9. The summed E-state index contributed by atoms with van der Waals surface area (Å²) in [5, 5.41) is 3.48. The Labute approximate surface area is 178 Å². The van der Waals surface area contributed by atoms with E-state index in [1.54, 1.807) is 73.8 Å². The molecule has 7 nitrogen and oxygen atoms in total. The molecule has 0 aliphatic carbocycles. The number of pyridine rings is 1. The van der Waals surface area contributed by atoms with E-state index in [0.29, 0.717) is 33.3 Å². The standard InChI is InChI=1S/C22H19N3O4S/c1-25-16-8-6-13(11-19(16)30-21-15(22(25)27)5-4-10-23-21)20(26)24-14-7-9-17(28-2)18(12-14)29-3/h4-12H,1-3H3,(H,24,26). The molecule has 0 saturated heterocycles. The smallest absolute Gasteiger partial charge is 0.260 e. The summed E-state index contributed by atoms with van der Waals surface area (Å²) in [6.45, 7) is 0. The average Bonchev–Trinajstić information content (AvgIpc) is 2.88. The largest absolute Gasteiger partial charge is 0.493 e. The van der Waals surface area contributed by atoms with Gasteiger partial charge in [0.2, 0.25) is 0 Å². The maximum absolute atomic E-state index is 12.8. The van der Waals surface area contributed by atoms with Crippen molar-refractivity contribution in [2.75, 3.05) is 31.5 Å². The van der Waals surface area contributed by atoms with Crippen LogP contribution in [0, 0.1) is 0 Å². The Bertz CT molecular complexity index is 1150. The lowest BCUT2D eigenvalue weighted by Gasteiger charge is -2.18. The maximum atomic E-state index is 12.8. The number of aromatic nitrogens is 1. The average molecular weight is 421 g/mol. The molecule has 4 rings (SSSR count). The molecule has 152 valence electrons. The summed E-state index contributed by atoms with van der Waals surface area (Å²) in [4.78, 5) is 32.3. The number of carbonyl (C=O) groups is 2. The van der Waals surface area contributed by atoms with Crippen LogP contribution in [-0.2, 0) is 0 Å². The predicted molar refractivity (Wildman–Crippen MR) is 115 cm³/mol. The third-order valence-corrected chi connectivity index (χ3v) is 5.80. The summed E-state index contributed by atoms with van der Waals surface area (Å²) in [7, 11) is 4.81. The van der Waals surface area contributed by atoms with Gasteiger partial charge in [0, 0.05) is 35.5 Å². The molecule has 30 heavy (non-hydrogen) atoms. The van der Waals surface area contributed by atoms with E-state index in [4.69, 9.17) is 9.47 Å². The van der Waals surface area contributed by atoms with Gasteiger partial charge in [-0.05, 0) is 42.5 Å². The third-order valence-electron chi connectivity index (χ3n) is 4.74. The van der Waals surface area contributed by atoms with Gasteiger partial charge in [-0.25, -0.2) is 4.98 Å². The highest BCUT2D eigenvalue weighted by Crippen LogP contribution is 2.40. The van der Waals surface area contributed by atoms with Gasteiger partial charge in [0.05, 0.1) is 25.5 Å². The first kappa shape index (κ1) is 19.8. The molecule has 0 spiro atoms. The second-order valence-corrected chi connectivity index (χ2v) is 7.56. The summed E-state index contributed by atoms with van der Waals surface area (Å²) in [6.07, 6.45) is 1.65. The minimum absolute atomic E-state index is 0.133. The molecule has 1 N–H and O–H groups in total. The lowest BCUT2D eigenvalue weighted by atomic mass is 10.1. The molecule has 0 saturated carbocycles. The Morgan fingerprint density at radius 2 is 1.87 bits per heavy atom. The quantitative estimate of drug-likeness (QED) is 0.683. The fourth-order valence-corrected chi connectivity index (χ4v) is 4.24. The molecule has 1 aliphatic heterocycles. The van der Waals surface area contributed by atoms with E-state index in [-0.39, 0.29) is 11.8 Å². The second kappa shape index (κ2) is 8.08. The topological polar surface area (TPSA) is 80.8 Å². The molecule has 2 heterocycles. The Kier molecular flexibility index (Phi) is 5.33. The van der Waals surface area contributed by atoms with Crippen LogP contribution in [0.1, 0.15) is 20.7 Å². The van der Waals surface area contributed by atoms with E-state index in [9.17, 15) is 9.59 Å². The van der Waals surface area contributed by atoms with Crippen LogP contribution < -0.4 is 19.7 Å². The molecule has 0 bridgehead atoms. The van der Waals surface area contributed by atoms with Crippen molar-refractivity contribution in [1.29, 1.82) is 0 Å². The molecular formula is C22H19N3O4S. The van der Waals surface area contributed by atoms with E-state index in [1.165, 1.54) is 18.9 Å². The van der Waals surface area contributed by atoms with Gasteiger partial charge in [-0.3, -0.25) is 9.59 Å². The number of benzene rings is 2. The van der Waals surface area contributed by atoms with Gasteiger partial charge >= 0.3 is 0 Å². The number of nitrogens with one attached hydrogen (secondary N) is 1. The number of hydrogen-bond acceptors (Lipinski definition) is 6. The summed E-state index contributed by atoms with van der Waals surface area (Å²) < 4.78 is 10.5. The maximum Gasteiger partial charge on any atom is 0.260 e. The van der Waals surface area contributed by atoms with Crippen molar-refractivity contribution in [2.45, 2.75) is 9.92 Å². The molecule has 3 aromatic rings. The molecular weight excluding hydrogens is 402 g/mol. The highest BCUT2D eigenvalue weighted by Gasteiger charge is 2.26. The van der Waals surface area contributed by atoms with Crippen LogP contribution in [0.25, 0.3) is 0 Å². The summed E-state index contributed by atoms with van der Waals surface area (Å²) in [5.41, 5.74) is 2.32. The molecule has 8 heteroatoms. The van der Waals surface area contributed by atoms with E-state index < -0.39 is 0 Å². The predicted octanol–water partition coefficient (Wildman–Crippen LogP) is 4.09. The number of carbonyl (C=O) groups excluding carboxylic acids is 2. The first-order chi connectivity index (χ1) is 14.5. The molecule has 0 unspecified atom stereocenters. The zero-order chi connectivity index (χ0) is 21.3. The van der Waals surface area contributed by atoms with Gasteiger partial charge in [0.25, 0.3) is 11.8 Å². The fraction of sp³-hybridized carbons (Fsp3) is 0.136. The molecule has 2 amide bonds. The van der Waals surface area contributed by atoms with E-state index in [0.717, 1.165) is 10.6 Å². The van der Waals surface area contributed by atoms with Crippen LogP contribution in [0.3, 0.4) is 0 Å². The summed E-state index contributed by atoms with van der Waals surface area (Å²) in [5.74, 6) is 0.698. The monoisotopic (exact) mass is 421 g/mol. The molecule has 0 fully saturated rings. The van der Waals surface area contributed by atoms with Gasteiger partial charge in [-0.1, -0.05) is 11.8 Å². The number of methoxy groups -OCH3 is 2. The van der Waals surface area contributed by atoms with E-state index in [1.807, 2.05) is 0 Å². The minimum atomic E-state index is -0.273. The lowest BCUT2D eigenvalue weighted by Crippen LogP contribution is -2.26. The van der Waals surface area contributed by atoms with Gasteiger partial charge in [0.15, 0.2) is 11.5 Å². The number of nitrogens with zero attached hydrogens (tertiary/aromatic N) is 2. The van der Waals surface area contributed by atoms with E-state index >= 15 is 0 Å². The second-order valence-electron chi connectivity index (χ2n) is 6.53. The number of rotatable bonds is 4. The number of ether oxygens (including phenoxy) is 2. The van der Waals surface area contributed by atoms with E-state index in [2.05, 4.69) is 10.3 Å². The number of hydrogen-bond donors (Lipinski definition) is 1. The Morgan fingerprint density at radius 3 is 2.63 bits per heavy atom. The van der Waals surface area contributed by atoms with Crippen LogP contribution in [0.4, 0.5) is 11.4 Å². The van der Waals surface area contributed by atoms with Crippen molar-refractivity contribution < 1.29 is 19.1 Å². The lowest BCUT2D eigenvalue weighted by molar-refractivity contribution is 0.0988. The van der Waals surface area contributed by atoms with Gasteiger partial charge in [-0.2, -0.15) is 0 Å². The first-order valence-corrected chi connectivity index (χ1v) is 9.92. The SMILES string of the molecule is COc1ccc(NC(=O)c2ccc3c(c2)Sc2ncccc2C(=O)N3C)cc1OC. The highest BCUT2D eigenvalue weighted by molar-refractivity contribution is 7.99. The number of anilines is 2. The molecule has 0 radical (unpaired) electrons. The van der Waals surface area contributed by atoms with Crippen LogP contribution in [0.5, 0.6) is 11.5 Å². The third kappa shape index (κ3) is 3.57. The van der Waals surface area contributed by atoms with Crippen molar-refractivity contribution in [3.63, 3.8) is 0 Å². The number of amides is 2. The van der Waals surface area contributed by atoms with Crippen molar-refractivity contribution in [3.05, 3.63) is 65.9 Å². The van der Waals surface area contributed by atoms with Gasteiger partial charge < -0.3 is 19.7 Å². The van der Waals surface area contributed by atoms with Gasteiger partial charge in [-0.15, -0.1) is 0 Å². The van der Waals surface area contributed by atoms with Crippen LogP contribution in [-0.4, -0.2) is 38.1 Å². The van der Waals surface area contributed by atoms with Crippen molar-refractivity contribution in [1.82, 2.24) is 4.98 Å². The van der Waals surface area contributed by atoms with Crippen LogP contribution in [0.2, 0.25) is 0 Å². The highest BCUT2D eigenvalue weighted by atomic mass is 32.2. The Balaban J connectivity index is 1.64. The van der Waals surface area contributed by atoms with Gasteiger partial charge in [0.1, 0.15) is 5.03 Å². The Morgan fingerprint density at radius 1 is 1.07 bits per heavy atom. The van der Waals surface area contributed by atoms with Crippen molar-refractivity contribution >= 4 is 35.0 Å². The summed E-state index contributed by atoms with van der Waals surface area (Å²) >= 11 is 1.37. The van der Waals surface area contributed by atoms with Crippen LogP contribution in [0.15, 0.2) is 64.6 Å². The van der Waals surface area contributed by atoms with Crippen molar-refractivity contribution in [3.8, 4) is 11.5 Å². The zero-order valence-corrected chi connectivity index (χ0v) is 17.4. The van der Waals surface area contributed by atoms with Crippen molar-refractivity contribution in [2.24, 2.45) is 0 Å². The molecule has 0 atom stereocenters.